The second-order valence-electron chi connectivity index (χ2n) is 9.35. The molecule has 0 radical (unpaired) electrons. The summed E-state index contributed by atoms with van der Waals surface area (Å²) in [6.07, 6.45) is 3.47. The maximum atomic E-state index is 11.3. The van der Waals surface area contributed by atoms with Crippen molar-refractivity contribution in [2.24, 2.45) is 20.3 Å². The lowest BCUT2D eigenvalue weighted by Gasteiger charge is -1.99. The highest BCUT2D eigenvalue weighted by molar-refractivity contribution is 8.14. The molecule has 1 aliphatic rings. The van der Waals surface area contributed by atoms with Crippen molar-refractivity contribution in [3.05, 3.63) is 104 Å². The van der Waals surface area contributed by atoms with Gasteiger partial charge < -0.3 is 23.9 Å². The van der Waals surface area contributed by atoms with Crippen LogP contribution in [0.4, 0.5) is 0 Å². The Bertz CT molecular complexity index is 2100. The minimum atomic E-state index is -0.650. The third-order valence-electron chi connectivity index (χ3n) is 5.46. The summed E-state index contributed by atoms with van der Waals surface area (Å²) in [5.41, 5.74) is 34.5. The molecule has 308 valence electrons. The number of aromatic nitrogens is 4. The van der Waals surface area contributed by atoms with Gasteiger partial charge in [-0.15, -0.1) is 34.0 Å². The molecule has 0 fully saturated rings. The molecule has 5 heterocycles. The third-order valence-corrected chi connectivity index (χ3v) is 7.99. The predicted octanol–water partition coefficient (Wildman–Crippen LogP) is 8.05. The summed E-state index contributed by atoms with van der Waals surface area (Å²) in [5.74, 6) is -2.12. The topological polar surface area (TPSA) is 335 Å². The fourth-order valence-electron chi connectivity index (χ4n) is 3.24. The van der Waals surface area contributed by atoms with Crippen LogP contribution in [0.1, 0.15) is 49.6 Å². The first-order valence-corrected chi connectivity index (χ1v) is 19.9. The van der Waals surface area contributed by atoms with E-state index in [9.17, 15) is 24.0 Å². The number of esters is 4. The lowest BCUT2D eigenvalue weighted by Crippen LogP contribution is -2.06. The zero-order valence-electron chi connectivity index (χ0n) is 31.4. The van der Waals surface area contributed by atoms with E-state index in [1.165, 1.54) is 57.9 Å². The first kappa shape index (κ1) is 50.1. The van der Waals surface area contributed by atoms with Gasteiger partial charge in [0.25, 0.3) is 17.5 Å². The summed E-state index contributed by atoms with van der Waals surface area (Å²) in [6, 6.07) is 1.70. The third kappa shape index (κ3) is 21.2. The van der Waals surface area contributed by atoms with Gasteiger partial charge in [0, 0.05) is 30.5 Å². The normalized spacial score (nSPS) is 10.7. The maximum Gasteiger partial charge on any atom is 0.354 e. The van der Waals surface area contributed by atoms with E-state index in [2.05, 4.69) is 65.3 Å². The van der Waals surface area contributed by atoms with Crippen LogP contribution in [-0.2, 0) is 38.1 Å². The Morgan fingerprint density at radius 3 is 1.75 bits per heavy atom. The average Bonchev–Trinajstić information content (AvgIpc) is 4.08. The molecule has 0 unspecified atom stereocenters. The second-order valence-corrected chi connectivity index (χ2v) is 12.3. The van der Waals surface area contributed by atoms with Crippen molar-refractivity contribution in [1.82, 2.24) is 19.9 Å². The molecule has 0 aromatic carbocycles. The predicted molar refractivity (Wildman–Crippen MR) is 221 cm³/mol. The molecule has 5 rings (SSSR count). The van der Waals surface area contributed by atoms with Crippen molar-refractivity contribution in [1.29, 1.82) is 0 Å². The fraction of sp³-hybridized carbons (Fsp3) is 0.281. The van der Waals surface area contributed by atoms with E-state index >= 15 is 0 Å². The molecule has 0 spiro atoms. The van der Waals surface area contributed by atoms with Gasteiger partial charge in [-0.3, -0.25) is 9.59 Å². The number of allylic oxidation sites excluding steroid dienone is 1. The Balaban J connectivity index is 0.000000378. The van der Waals surface area contributed by atoms with E-state index in [4.69, 9.17) is 30.8 Å². The average molecular weight is 886 g/mol. The van der Waals surface area contributed by atoms with E-state index < -0.39 is 17.9 Å². The Hall–Kier alpha value is -6.94. The quantitative estimate of drug-likeness (QED) is 0.0183. The number of fused-ring (bicyclic) bond motifs is 1. The number of hydrogen-bond acceptors (Lipinski definition) is 20. The Morgan fingerprint density at radius 2 is 1.36 bits per heavy atom. The summed E-state index contributed by atoms with van der Waals surface area (Å²) < 4.78 is 18.7. The van der Waals surface area contributed by atoms with Crippen molar-refractivity contribution in [2.45, 2.75) is 27.7 Å². The monoisotopic (exact) mass is 885 g/mol. The number of hydrogen-bond donors (Lipinski definition) is 1. The molecule has 0 amide bonds. The van der Waals surface area contributed by atoms with Gasteiger partial charge in [-0.1, -0.05) is 15.3 Å². The molecule has 27 heteroatoms. The standard InChI is InChI=1S/2C8H8N4O2S.C8H8N2O2S.C4H7N3O2.C4H2NOS/c2*1-2-14-8(13)7(11-12-9)3-6-4-15-5-10-6;1-2-12-8(11)6-3-5-7(10-6)13-4-9-5;1-2-9-4(8)3-6-7-5;6-1-4-2-7-3-5-4/h2*3-5H,2H2,1H3;3-4,10H,2H2,1H3;2-3H2,1H3;1-2H/q;;;;+1/b2*7-3-;;;. The lowest BCUT2D eigenvalue weighted by atomic mass is 10.3. The second kappa shape index (κ2) is 31.2. The number of thioether (sulfide) groups is 1. The van der Waals surface area contributed by atoms with E-state index in [1.54, 1.807) is 66.5 Å². The summed E-state index contributed by atoms with van der Waals surface area (Å²) in [5, 5.41) is 14.6. The number of aldehydes is 1. The summed E-state index contributed by atoms with van der Waals surface area (Å²) in [7, 11) is 0. The first-order valence-electron chi connectivity index (χ1n) is 16.3. The molecule has 4 aromatic heterocycles. The number of H-pyrrole nitrogens is 1. The first-order chi connectivity index (χ1) is 28.6. The zero-order valence-corrected chi connectivity index (χ0v) is 34.7. The molecule has 0 saturated heterocycles. The molecule has 0 bridgehead atoms. The van der Waals surface area contributed by atoms with E-state index in [1.807, 2.05) is 0 Å². The Kier molecular flexibility index (Phi) is 26.5. The number of carbonyl (C=O) groups is 5. The highest BCUT2D eigenvalue weighted by Gasteiger charge is 2.12. The van der Waals surface area contributed by atoms with Crippen molar-refractivity contribution < 1.29 is 42.9 Å². The molecule has 59 heavy (non-hydrogen) atoms. The number of nitrogens with one attached hydrogen (secondary N) is 1. The number of nitrogens with zero attached hydrogens (tertiary/aromatic N) is 13. The van der Waals surface area contributed by atoms with Gasteiger partial charge in [0.05, 0.1) is 54.3 Å². The number of carbonyl (C=O) groups excluding carboxylic acids is 5. The van der Waals surface area contributed by atoms with E-state index in [0.29, 0.717) is 42.3 Å². The highest BCUT2D eigenvalue weighted by atomic mass is 32.2. The highest BCUT2D eigenvalue weighted by Crippen LogP contribution is 2.18. The van der Waals surface area contributed by atoms with Crippen LogP contribution in [0.2, 0.25) is 0 Å². The smallest absolute Gasteiger partial charge is 0.354 e. The van der Waals surface area contributed by atoms with Crippen molar-refractivity contribution in [3.8, 4) is 0 Å². The molecular weight excluding hydrogens is 853 g/mol. The van der Waals surface area contributed by atoms with Crippen LogP contribution in [0, 0.1) is 0 Å². The maximum absolute atomic E-state index is 11.3. The summed E-state index contributed by atoms with van der Waals surface area (Å²) >= 11 is 5.53. The van der Waals surface area contributed by atoms with Crippen LogP contribution in [-0.4, -0.2) is 88.6 Å². The SMILES string of the molecule is CCOC(=O)/C(=C/c1cscn1)N=[N+]=[N-].CCOC(=O)/C(=C/c1cscn1)N=[N+]=[N-].CCOC(=O)CN=[N+]=[N-].CCOC(=O)c1cc2ncsc2[nH]1.O=CC1=CS[C+]=N1. The summed E-state index contributed by atoms with van der Waals surface area (Å²) in [4.78, 5) is 80.7. The lowest BCUT2D eigenvalue weighted by molar-refractivity contribution is -0.141. The number of aliphatic imine (C=N–C) groups is 1. The molecule has 23 nitrogen and oxygen atoms in total. The molecule has 4 aromatic rings. The Morgan fingerprint density at radius 1 is 0.797 bits per heavy atom. The van der Waals surface area contributed by atoms with Gasteiger partial charge in [0.15, 0.2) is 0 Å². The van der Waals surface area contributed by atoms with Gasteiger partial charge in [0.2, 0.25) is 0 Å². The van der Waals surface area contributed by atoms with Gasteiger partial charge in [-0.2, -0.15) is 0 Å². The largest absolute Gasteiger partial charge is 0.466 e. The Labute approximate surface area is 350 Å². The van der Waals surface area contributed by atoms with Crippen LogP contribution in [0.15, 0.2) is 76.2 Å². The molecule has 0 aliphatic carbocycles. The van der Waals surface area contributed by atoms with Crippen LogP contribution in [0.25, 0.3) is 53.8 Å². The molecule has 0 atom stereocenters. The van der Waals surface area contributed by atoms with E-state index in [0.717, 1.165) is 10.3 Å². The van der Waals surface area contributed by atoms with Crippen LogP contribution < -0.4 is 0 Å². The zero-order chi connectivity index (χ0) is 43.7. The molecule has 0 saturated carbocycles. The molecular formula is C32H33N14O9S4+. The molecule has 1 aliphatic heterocycles. The van der Waals surface area contributed by atoms with Gasteiger partial charge in [-0.25, -0.2) is 29.3 Å². The number of ether oxygens (including phenoxy) is 4. The number of azide groups is 3. The fourth-order valence-corrected chi connectivity index (χ4v) is 5.37. The minimum Gasteiger partial charge on any atom is -0.466 e. The number of rotatable bonds is 14. The van der Waals surface area contributed by atoms with Crippen LogP contribution in [0.5, 0.6) is 0 Å². The van der Waals surface area contributed by atoms with Gasteiger partial charge in [0.1, 0.15) is 51.1 Å². The van der Waals surface area contributed by atoms with Crippen molar-refractivity contribution >= 4 is 104 Å². The van der Waals surface area contributed by atoms with Crippen molar-refractivity contribution in [3.63, 3.8) is 0 Å². The van der Waals surface area contributed by atoms with E-state index in [-0.39, 0.29) is 37.1 Å². The number of aromatic amines is 1. The van der Waals surface area contributed by atoms with Crippen molar-refractivity contribution in [2.75, 3.05) is 33.0 Å². The molecule has 1 N–H and O–H groups in total. The minimum absolute atomic E-state index is 0.0924. The van der Waals surface area contributed by atoms with Crippen LogP contribution >= 0.6 is 45.8 Å². The number of thiazole rings is 3. The van der Waals surface area contributed by atoms with Gasteiger partial charge in [-0.05, 0) is 62.5 Å². The summed E-state index contributed by atoms with van der Waals surface area (Å²) in [6.45, 7) is 7.77. The van der Waals surface area contributed by atoms with Gasteiger partial charge >= 0.3 is 23.9 Å². The van der Waals surface area contributed by atoms with Crippen LogP contribution in [0.3, 0.4) is 0 Å².